The first-order valence-corrected chi connectivity index (χ1v) is 11.3. The van der Waals surface area contributed by atoms with Gasteiger partial charge in [0.05, 0.1) is 18.3 Å². The Morgan fingerprint density at radius 1 is 1.27 bits per heavy atom. The van der Waals surface area contributed by atoms with Crippen molar-refractivity contribution >= 4 is 5.91 Å². The lowest BCUT2D eigenvalue weighted by atomic mass is 9.74. The van der Waals surface area contributed by atoms with Crippen LogP contribution in [0.25, 0.3) is 0 Å². The zero-order valence-corrected chi connectivity index (χ0v) is 17.9. The minimum atomic E-state index is -0.119. The molecule has 2 aliphatic carbocycles. The largest absolute Gasteiger partial charge is 0.383 e. The van der Waals surface area contributed by atoms with Gasteiger partial charge >= 0.3 is 0 Å². The lowest BCUT2D eigenvalue weighted by molar-refractivity contribution is 0.0125. The van der Waals surface area contributed by atoms with E-state index in [4.69, 9.17) is 9.57 Å². The van der Waals surface area contributed by atoms with Crippen LogP contribution in [-0.4, -0.2) is 42.6 Å². The Bertz CT molecular complexity index is 798. The summed E-state index contributed by atoms with van der Waals surface area (Å²) in [5, 5.41) is 6.80. The number of rotatable bonds is 7. The van der Waals surface area contributed by atoms with Crippen LogP contribution in [0.4, 0.5) is 0 Å². The minimum absolute atomic E-state index is 0.0905. The predicted octanol–water partition coefficient (Wildman–Crippen LogP) is 1.61. The maximum atomic E-state index is 12.9. The normalized spacial score (nSPS) is 33.4. The van der Waals surface area contributed by atoms with Gasteiger partial charge in [-0.2, -0.15) is 5.48 Å². The number of carbonyl (C=O) groups is 1. The van der Waals surface area contributed by atoms with Gasteiger partial charge in [0.15, 0.2) is 0 Å². The molecule has 2 heterocycles. The predicted molar refractivity (Wildman–Crippen MR) is 113 cm³/mol. The number of methoxy groups -OCH3 is 1. The smallest absolute Gasteiger partial charge is 0.252 e. The average molecular weight is 419 g/mol. The lowest BCUT2D eigenvalue weighted by Gasteiger charge is -2.36. The van der Waals surface area contributed by atoms with E-state index in [1.165, 1.54) is 17.1 Å². The second kappa shape index (κ2) is 9.60. The minimum Gasteiger partial charge on any atom is -0.383 e. The summed E-state index contributed by atoms with van der Waals surface area (Å²) in [5.41, 5.74) is 3.59. The standard InChI is InChI=1S/C22H34N4O4/c1-3-19-24-21(25-30-19)15-4-7-17-14(12-15)5-8-18(17)23-22(28)16-6-9-20(27)26(13-16)10-11-29-2/h6,9,13-15,17-19,21,24-25H,3-5,7-8,10-12H2,1-2H3,(H,23,28)/t14?,15?,17?,18-,19?,21?/m1/s1. The molecule has 6 atom stereocenters. The molecule has 0 aromatic carbocycles. The van der Waals surface area contributed by atoms with Crippen molar-refractivity contribution in [3.63, 3.8) is 0 Å². The molecule has 5 unspecified atom stereocenters. The summed E-state index contributed by atoms with van der Waals surface area (Å²) in [4.78, 5) is 30.4. The summed E-state index contributed by atoms with van der Waals surface area (Å²) in [7, 11) is 1.60. The highest BCUT2D eigenvalue weighted by molar-refractivity contribution is 5.94. The summed E-state index contributed by atoms with van der Waals surface area (Å²) >= 11 is 0. The number of pyridine rings is 1. The molecule has 0 spiro atoms. The third kappa shape index (κ3) is 4.61. The Balaban J connectivity index is 1.34. The van der Waals surface area contributed by atoms with Gasteiger partial charge in [0.1, 0.15) is 6.23 Å². The SMILES string of the molecule is CCC1NC(C2CCC3C(CC[C@H]3NC(=O)c3ccc(=O)n(CCOC)c3)C2)NO1. The number of amides is 1. The van der Waals surface area contributed by atoms with E-state index in [0.717, 1.165) is 32.1 Å². The van der Waals surface area contributed by atoms with Gasteiger partial charge in [0, 0.05) is 32.0 Å². The maximum Gasteiger partial charge on any atom is 0.252 e. The van der Waals surface area contributed by atoms with Crippen LogP contribution in [-0.2, 0) is 16.1 Å². The third-order valence-electron chi connectivity index (χ3n) is 7.09. The second-order valence-electron chi connectivity index (χ2n) is 8.87. The van der Waals surface area contributed by atoms with Crippen molar-refractivity contribution in [2.75, 3.05) is 13.7 Å². The third-order valence-corrected chi connectivity index (χ3v) is 7.09. The van der Waals surface area contributed by atoms with Crippen LogP contribution in [0.3, 0.4) is 0 Å². The Kier molecular flexibility index (Phi) is 6.87. The van der Waals surface area contributed by atoms with E-state index in [2.05, 4.69) is 23.0 Å². The van der Waals surface area contributed by atoms with Gasteiger partial charge in [-0.15, -0.1) is 0 Å². The molecule has 8 nitrogen and oxygen atoms in total. The van der Waals surface area contributed by atoms with Gasteiger partial charge in [0.2, 0.25) is 0 Å². The van der Waals surface area contributed by atoms with Crippen LogP contribution in [0.5, 0.6) is 0 Å². The molecular weight excluding hydrogens is 384 g/mol. The van der Waals surface area contributed by atoms with E-state index in [1.54, 1.807) is 19.4 Å². The van der Waals surface area contributed by atoms with Crippen LogP contribution in [0.1, 0.15) is 55.8 Å². The van der Waals surface area contributed by atoms with E-state index in [-0.39, 0.29) is 29.9 Å². The first kappa shape index (κ1) is 21.5. The fraction of sp³-hybridized carbons (Fsp3) is 0.727. The van der Waals surface area contributed by atoms with Crippen molar-refractivity contribution in [1.29, 1.82) is 0 Å². The lowest BCUT2D eigenvalue weighted by Crippen LogP contribution is -2.45. The molecular formula is C22H34N4O4. The highest BCUT2D eigenvalue weighted by Crippen LogP contribution is 2.45. The van der Waals surface area contributed by atoms with Crippen LogP contribution in [0, 0.1) is 17.8 Å². The summed E-state index contributed by atoms with van der Waals surface area (Å²) in [5.74, 6) is 1.66. The molecule has 3 fully saturated rings. The zero-order valence-electron chi connectivity index (χ0n) is 17.9. The van der Waals surface area contributed by atoms with Crippen LogP contribution < -0.4 is 21.7 Å². The average Bonchev–Trinajstić information content (AvgIpc) is 3.40. The molecule has 166 valence electrons. The van der Waals surface area contributed by atoms with Crippen molar-refractivity contribution in [1.82, 2.24) is 20.7 Å². The molecule has 4 rings (SSSR count). The highest BCUT2D eigenvalue weighted by atomic mass is 16.7. The molecule has 1 amide bonds. The number of hydrogen-bond donors (Lipinski definition) is 3. The summed E-state index contributed by atoms with van der Waals surface area (Å²) in [6.07, 6.45) is 8.55. The van der Waals surface area contributed by atoms with Crippen molar-refractivity contribution < 1.29 is 14.4 Å². The number of nitrogens with zero attached hydrogens (tertiary/aromatic N) is 1. The van der Waals surface area contributed by atoms with Gasteiger partial charge in [-0.3, -0.25) is 19.7 Å². The number of fused-ring (bicyclic) bond motifs is 1. The molecule has 1 aromatic rings. The monoisotopic (exact) mass is 418 g/mol. The van der Waals surface area contributed by atoms with E-state index in [0.29, 0.717) is 36.5 Å². The Morgan fingerprint density at radius 2 is 2.10 bits per heavy atom. The highest BCUT2D eigenvalue weighted by Gasteiger charge is 2.43. The first-order chi connectivity index (χ1) is 14.6. The fourth-order valence-corrected chi connectivity index (χ4v) is 5.41. The molecule has 1 aromatic heterocycles. The number of ether oxygens (including phenoxy) is 1. The van der Waals surface area contributed by atoms with Crippen molar-refractivity contribution in [2.45, 2.75) is 70.4 Å². The fourth-order valence-electron chi connectivity index (χ4n) is 5.41. The molecule has 0 radical (unpaired) electrons. The van der Waals surface area contributed by atoms with E-state index >= 15 is 0 Å². The van der Waals surface area contributed by atoms with Crippen LogP contribution in [0.2, 0.25) is 0 Å². The molecule has 1 saturated heterocycles. The first-order valence-electron chi connectivity index (χ1n) is 11.3. The summed E-state index contributed by atoms with van der Waals surface area (Å²) in [6.45, 7) is 3.00. The molecule has 2 saturated carbocycles. The van der Waals surface area contributed by atoms with Gasteiger partial charge in [0.25, 0.3) is 11.5 Å². The molecule has 30 heavy (non-hydrogen) atoms. The Morgan fingerprint density at radius 3 is 2.87 bits per heavy atom. The topological polar surface area (TPSA) is 93.6 Å². The zero-order chi connectivity index (χ0) is 21.1. The van der Waals surface area contributed by atoms with Crippen LogP contribution >= 0.6 is 0 Å². The maximum absolute atomic E-state index is 12.9. The van der Waals surface area contributed by atoms with E-state index < -0.39 is 0 Å². The quantitative estimate of drug-likeness (QED) is 0.623. The number of aromatic nitrogens is 1. The number of carbonyl (C=O) groups excluding carboxylic acids is 1. The Labute approximate surface area is 177 Å². The Hall–Kier alpha value is -1.74. The van der Waals surface area contributed by atoms with Gasteiger partial charge in [-0.1, -0.05) is 6.92 Å². The second-order valence-corrected chi connectivity index (χ2v) is 8.87. The number of nitrogens with one attached hydrogen (secondary N) is 3. The van der Waals surface area contributed by atoms with Crippen LogP contribution in [0.15, 0.2) is 23.1 Å². The van der Waals surface area contributed by atoms with Crippen molar-refractivity contribution in [2.24, 2.45) is 17.8 Å². The summed E-state index contributed by atoms with van der Waals surface area (Å²) < 4.78 is 6.58. The van der Waals surface area contributed by atoms with Crippen molar-refractivity contribution in [3.8, 4) is 0 Å². The van der Waals surface area contributed by atoms with Gasteiger partial charge in [-0.25, -0.2) is 0 Å². The van der Waals surface area contributed by atoms with Crippen molar-refractivity contribution in [3.05, 3.63) is 34.2 Å². The number of hydroxylamine groups is 1. The van der Waals surface area contributed by atoms with Gasteiger partial charge in [-0.05, 0) is 62.3 Å². The molecule has 3 N–H and O–H groups in total. The van der Waals surface area contributed by atoms with E-state index in [1.807, 2.05) is 0 Å². The molecule has 3 aliphatic rings. The van der Waals surface area contributed by atoms with Gasteiger partial charge < -0.3 is 14.6 Å². The number of hydrogen-bond acceptors (Lipinski definition) is 6. The molecule has 0 bridgehead atoms. The molecule has 1 aliphatic heterocycles. The van der Waals surface area contributed by atoms with E-state index in [9.17, 15) is 9.59 Å². The summed E-state index contributed by atoms with van der Waals surface area (Å²) in [6, 6.07) is 3.29. The molecule has 8 heteroatoms.